The van der Waals surface area contributed by atoms with Crippen LogP contribution in [0, 0.1) is 0 Å². The molecule has 9 heteroatoms. The summed E-state index contributed by atoms with van der Waals surface area (Å²) in [6, 6.07) is 8.28. The van der Waals surface area contributed by atoms with Crippen molar-refractivity contribution in [1.82, 2.24) is 10.3 Å². The molecule has 152 valence electrons. The summed E-state index contributed by atoms with van der Waals surface area (Å²) in [7, 11) is 0. The van der Waals surface area contributed by atoms with Gasteiger partial charge in [-0.05, 0) is 24.1 Å². The zero-order valence-corrected chi connectivity index (χ0v) is 15.1. The van der Waals surface area contributed by atoms with Gasteiger partial charge in [-0.3, -0.25) is 9.78 Å². The Kier molecular flexibility index (Phi) is 7.11. The molecule has 0 radical (unpaired) electrons. The number of nitrogens with one attached hydrogen (secondary N) is 1. The quantitative estimate of drug-likeness (QED) is 0.542. The van der Waals surface area contributed by atoms with Crippen molar-refractivity contribution in [2.45, 2.75) is 31.0 Å². The molecule has 0 aliphatic carbocycles. The van der Waals surface area contributed by atoms with Crippen molar-refractivity contribution >= 4 is 5.91 Å². The highest BCUT2D eigenvalue weighted by Crippen LogP contribution is 2.25. The molecule has 1 amide bonds. The van der Waals surface area contributed by atoms with E-state index in [9.17, 15) is 28.2 Å². The summed E-state index contributed by atoms with van der Waals surface area (Å²) in [6.07, 6.45) is -3.19. The molecule has 2 aromatic rings. The maximum atomic E-state index is 13.1. The van der Waals surface area contributed by atoms with E-state index in [1.807, 2.05) is 0 Å². The van der Waals surface area contributed by atoms with Crippen LogP contribution in [-0.2, 0) is 10.3 Å². The molecular weight excluding hydrogens is 375 g/mol. The van der Waals surface area contributed by atoms with Crippen molar-refractivity contribution in [1.29, 1.82) is 0 Å². The first-order valence-electron chi connectivity index (χ1n) is 8.48. The van der Waals surface area contributed by atoms with Gasteiger partial charge >= 0.3 is 6.43 Å². The number of carbonyl (C=O) groups excluding carboxylic acids is 1. The molecule has 28 heavy (non-hydrogen) atoms. The van der Waals surface area contributed by atoms with Crippen LogP contribution < -0.4 is 11.1 Å². The molecule has 1 heterocycles. The number of aliphatic hydroxyl groups excluding tert-OH is 2. The first-order chi connectivity index (χ1) is 13.2. The Morgan fingerprint density at radius 2 is 1.82 bits per heavy atom. The van der Waals surface area contributed by atoms with Crippen LogP contribution >= 0.6 is 0 Å². The third-order valence-corrected chi connectivity index (χ3v) is 4.34. The lowest BCUT2D eigenvalue weighted by Crippen LogP contribution is -2.43. The average molecular weight is 397 g/mol. The molecule has 1 aromatic heterocycles. The Morgan fingerprint density at radius 1 is 1.21 bits per heavy atom. The van der Waals surface area contributed by atoms with Gasteiger partial charge in [0.05, 0.1) is 23.9 Å². The molecule has 3 atom stereocenters. The fraction of sp³-hybridized carbons (Fsp3) is 0.368. The molecule has 0 fully saturated rings. The zero-order valence-electron chi connectivity index (χ0n) is 15.1. The number of nitrogens with zero attached hydrogens (tertiary/aromatic N) is 1. The Morgan fingerprint density at radius 3 is 2.29 bits per heavy atom. The van der Waals surface area contributed by atoms with Crippen molar-refractivity contribution in [3.63, 3.8) is 0 Å². The topological polar surface area (TPSA) is 108 Å². The van der Waals surface area contributed by atoms with Crippen LogP contribution in [0.1, 0.15) is 24.3 Å². The Labute approximate surface area is 160 Å². The summed E-state index contributed by atoms with van der Waals surface area (Å²) in [5.74, 6) is -1.64. The normalized spacial score (nSPS) is 15.7. The Hall–Kier alpha value is -2.49. The summed E-state index contributed by atoms with van der Waals surface area (Å²) < 4.78 is 37.7. The molecule has 0 spiro atoms. The number of benzene rings is 1. The standard InChI is InChI=1S/C19H22F3N3O3/c1-19(23,10-26)15-7-6-13(9-24-15)11-2-4-12(5-3-11)16(27)14(8-20)25-18(28)17(21)22/h2-7,9,14,16-17,26-27H,8,10,23H2,1H3,(H,25,28)/t14-,16-,19?/m1/s1. The van der Waals surface area contributed by atoms with Gasteiger partial charge in [0.25, 0.3) is 5.91 Å². The lowest BCUT2D eigenvalue weighted by Gasteiger charge is -2.22. The van der Waals surface area contributed by atoms with Crippen molar-refractivity contribution in [3.8, 4) is 11.1 Å². The molecule has 1 aromatic carbocycles. The van der Waals surface area contributed by atoms with Gasteiger partial charge in [-0.1, -0.05) is 30.3 Å². The highest BCUT2D eigenvalue weighted by molar-refractivity contribution is 5.79. The summed E-state index contributed by atoms with van der Waals surface area (Å²) >= 11 is 0. The van der Waals surface area contributed by atoms with E-state index in [0.717, 1.165) is 11.1 Å². The number of rotatable bonds is 8. The summed E-state index contributed by atoms with van der Waals surface area (Å²) in [5, 5.41) is 21.2. The number of pyridine rings is 1. The number of aliphatic hydroxyl groups is 2. The summed E-state index contributed by atoms with van der Waals surface area (Å²) in [5.41, 5.74) is 7.23. The largest absolute Gasteiger partial charge is 0.394 e. The minimum absolute atomic E-state index is 0.260. The van der Waals surface area contributed by atoms with Crippen molar-refractivity contribution in [2.24, 2.45) is 5.73 Å². The minimum atomic E-state index is -3.29. The monoisotopic (exact) mass is 397 g/mol. The minimum Gasteiger partial charge on any atom is -0.394 e. The molecule has 0 saturated carbocycles. The molecule has 0 saturated heterocycles. The number of carbonyl (C=O) groups is 1. The molecule has 2 rings (SSSR count). The Bertz CT molecular complexity index is 783. The van der Waals surface area contributed by atoms with Gasteiger partial charge < -0.3 is 21.3 Å². The number of aromatic nitrogens is 1. The molecule has 0 aliphatic heterocycles. The maximum Gasteiger partial charge on any atom is 0.315 e. The summed E-state index contributed by atoms with van der Waals surface area (Å²) in [4.78, 5) is 15.3. The molecule has 6 nitrogen and oxygen atoms in total. The fourth-order valence-corrected chi connectivity index (χ4v) is 2.54. The van der Waals surface area contributed by atoms with E-state index >= 15 is 0 Å². The van der Waals surface area contributed by atoms with Crippen molar-refractivity contribution in [2.75, 3.05) is 13.3 Å². The second-order valence-electron chi connectivity index (χ2n) is 6.64. The maximum absolute atomic E-state index is 13.1. The van der Waals surface area contributed by atoms with E-state index in [2.05, 4.69) is 4.98 Å². The molecule has 1 unspecified atom stereocenters. The van der Waals surface area contributed by atoms with Crippen LogP contribution in [0.4, 0.5) is 13.2 Å². The third-order valence-electron chi connectivity index (χ3n) is 4.34. The highest BCUT2D eigenvalue weighted by Gasteiger charge is 2.26. The van der Waals surface area contributed by atoms with Gasteiger partial charge in [0.2, 0.25) is 0 Å². The number of hydrogen-bond donors (Lipinski definition) is 4. The van der Waals surface area contributed by atoms with Gasteiger partial charge in [-0.2, -0.15) is 8.78 Å². The van der Waals surface area contributed by atoms with E-state index < -0.39 is 36.7 Å². The Balaban J connectivity index is 2.15. The number of alkyl halides is 3. The molecule has 0 aliphatic rings. The van der Waals surface area contributed by atoms with Gasteiger partial charge in [-0.15, -0.1) is 0 Å². The number of hydrogen-bond acceptors (Lipinski definition) is 5. The SMILES string of the molecule is CC(N)(CO)c1ccc(-c2ccc([C@@H](O)[C@@H](CF)NC(=O)C(F)F)cc2)cn1. The first-order valence-corrected chi connectivity index (χ1v) is 8.48. The van der Waals surface area contributed by atoms with Gasteiger partial charge in [0.1, 0.15) is 12.8 Å². The van der Waals surface area contributed by atoms with E-state index in [1.165, 1.54) is 12.1 Å². The lowest BCUT2D eigenvalue weighted by atomic mass is 9.97. The second kappa shape index (κ2) is 9.13. The number of nitrogens with two attached hydrogens (primary N) is 1. The van der Waals surface area contributed by atoms with E-state index in [1.54, 1.807) is 42.7 Å². The summed E-state index contributed by atoms with van der Waals surface area (Å²) in [6.45, 7) is 0.193. The van der Waals surface area contributed by atoms with Gasteiger partial charge in [0, 0.05) is 11.8 Å². The third kappa shape index (κ3) is 5.06. The highest BCUT2D eigenvalue weighted by atomic mass is 19.3. The van der Waals surface area contributed by atoms with E-state index in [-0.39, 0.29) is 12.2 Å². The van der Waals surface area contributed by atoms with Crippen molar-refractivity contribution < 1.29 is 28.2 Å². The number of halogens is 3. The predicted octanol–water partition coefficient (Wildman–Crippen LogP) is 1.67. The molecule has 0 bridgehead atoms. The van der Waals surface area contributed by atoms with Crippen LogP contribution in [0.25, 0.3) is 11.1 Å². The van der Waals surface area contributed by atoms with Gasteiger partial charge in [-0.25, -0.2) is 4.39 Å². The van der Waals surface area contributed by atoms with Crippen LogP contribution in [0.3, 0.4) is 0 Å². The number of amides is 1. The van der Waals surface area contributed by atoms with Gasteiger partial charge in [0.15, 0.2) is 0 Å². The van der Waals surface area contributed by atoms with Crippen LogP contribution in [0.15, 0.2) is 42.6 Å². The zero-order chi connectivity index (χ0) is 20.9. The first kappa shape index (κ1) is 21.8. The lowest BCUT2D eigenvalue weighted by molar-refractivity contribution is -0.133. The fourth-order valence-electron chi connectivity index (χ4n) is 2.54. The van der Waals surface area contributed by atoms with E-state index in [0.29, 0.717) is 5.69 Å². The van der Waals surface area contributed by atoms with Crippen molar-refractivity contribution in [3.05, 3.63) is 53.9 Å². The van der Waals surface area contributed by atoms with Crippen LogP contribution in [0.5, 0.6) is 0 Å². The van der Waals surface area contributed by atoms with E-state index in [4.69, 9.17) is 5.73 Å². The molecule has 5 N–H and O–H groups in total. The second-order valence-corrected chi connectivity index (χ2v) is 6.64. The van der Waals surface area contributed by atoms with Crippen LogP contribution in [0.2, 0.25) is 0 Å². The molecular formula is C19H22F3N3O3. The average Bonchev–Trinajstić information content (AvgIpc) is 2.71. The smallest absolute Gasteiger partial charge is 0.315 e. The predicted molar refractivity (Wildman–Crippen MR) is 97.2 cm³/mol. The van der Waals surface area contributed by atoms with Crippen LogP contribution in [-0.4, -0.2) is 46.9 Å².